The van der Waals surface area contributed by atoms with Gasteiger partial charge in [-0.3, -0.25) is 0 Å². The van der Waals surface area contributed by atoms with Gasteiger partial charge in [-0.2, -0.15) is 5.26 Å². The zero-order valence-corrected chi connectivity index (χ0v) is 7.87. The first kappa shape index (κ1) is 10.7. The molecule has 0 aromatic carbocycles. The first-order valence-electron chi connectivity index (χ1n) is 3.83. The Bertz CT molecular complexity index is 154. The van der Waals surface area contributed by atoms with Gasteiger partial charge in [-0.15, -0.1) is 12.4 Å². The van der Waals surface area contributed by atoms with E-state index in [0.29, 0.717) is 5.92 Å². The Labute approximate surface area is 74.4 Å². The van der Waals surface area contributed by atoms with Gasteiger partial charge in [-0.25, -0.2) is 0 Å². The van der Waals surface area contributed by atoms with Crippen LogP contribution in [-0.4, -0.2) is 13.1 Å². The molecule has 0 bridgehead atoms. The molecular weight excluding hydrogens is 160 g/mol. The fourth-order valence-corrected chi connectivity index (χ4v) is 1.43. The maximum Gasteiger partial charge on any atom is 0.0733 e. The molecule has 0 radical (unpaired) electrons. The van der Waals surface area contributed by atoms with Crippen molar-refractivity contribution in [2.45, 2.75) is 20.3 Å². The van der Waals surface area contributed by atoms with E-state index < -0.39 is 0 Å². The Morgan fingerprint density at radius 1 is 1.55 bits per heavy atom. The molecule has 0 spiro atoms. The lowest BCUT2D eigenvalue weighted by molar-refractivity contribution is 0.309. The summed E-state index contributed by atoms with van der Waals surface area (Å²) in [6.07, 6.45) is 1.02. The zero-order chi connectivity index (χ0) is 7.61. The van der Waals surface area contributed by atoms with Crippen LogP contribution in [0.4, 0.5) is 0 Å². The van der Waals surface area contributed by atoms with Crippen molar-refractivity contribution in [2.24, 2.45) is 11.3 Å². The van der Waals surface area contributed by atoms with E-state index >= 15 is 0 Å². The second-order valence-corrected chi connectivity index (χ2v) is 3.35. The normalized spacial score (nSPS) is 29.6. The van der Waals surface area contributed by atoms with Gasteiger partial charge in [-0.05, 0) is 18.9 Å². The van der Waals surface area contributed by atoms with Gasteiger partial charge in [0.25, 0.3) is 0 Å². The lowest BCUT2D eigenvalue weighted by Gasteiger charge is -2.23. The first-order valence-corrected chi connectivity index (χ1v) is 3.83. The Balaban J connectivity index is 0.000001000. The minimum atomic E-state index is -0.0694. The summed E-state index contributed by atoms with van der Waals surface area (Å²) in [5, 5.41) is 12.1. The van der Waals surface area contributed by atoms with Crippen molar-refractivity contribution in [3.8, 4) is 6.07 Å². The number of rotatable bonds is 1. The van der Waals surface area contributed by atoms with E-state index in [0.717, 1.165) is 19.5 Å². The lowest BCUT2D eigenvalue weighted by Crippen LogP contribution is -2.27. The highest BCUT2D eigenvalue weighted by Crippen LogP contribution is 2.32. The molecule has 1 saturated heterocycles. The van der Waals surface area contributed by atoms with Crippen LogP contribution in [0.2, 0.25) is 0 Å². The van der Waals surface area contributed by atoms with Crippen molar-refractivity contribution in [3.05, 3.63) is 0 Å². The predicted octanol–water partition coefficient (Wildman–Crippen LogP) is 1.57. The summed E-state index contributed by atoms with van der Waals surface area (Å²) in [6.45, 7) is 6.12. The van der Waals surface area contributed by atoms with E-state index in [-0.39, 0.29) is 17.8 Å². The summed E-state index contributed by atoms with van der Waals surface area (Å²) in [7, 11) is 0. The van der Waals surface area contributed by atoms with Gasteiger partial charge in [0.05, 0.1) is 11.5 Å². The molecule has 0 aliphatic carbocycles. The zero-order valence-electron chi connectivity index (χ0n) is 7.05. The molecule has 0 aromatic rings. The molecule has 1 heterocycles. The van der Waals surface area contributed by atoms with Gasteiger partial charge >= 0.3 is 0 Å². The summed E-state index contributed by atoms with van der Waals surface area (Å²) in [5.41, 5.74) is -0.0694. The number of nitrogens with zero attached hydrogens (tertiary/aromatic N) is 1. The molecule has 1 unspecified atom stereocenters. The van der Waals surface area contributed by atoms with Gasteiger partial charge in [0.15, 0.2) is 0 Å². The van der Waals surface area contributed by atoms with Crippen molar-refractivity contribution in [1.29, 1.82) is 5.26 Å². The molecule has 1 aliphatic heterocycles. The van der Waals surface area contributed by atoms with Gasteiger partial charge in [-0.1, -0.05) is 13.8 Å². The topological polar surface area (TPSA) is 35.8 Å². The van der Waals surface area contributed by atoms with Crippen LogP contribution < -0.4 is 5.32 Å². The van der Waals surface area contributed by atoms with Gasteiger partial charge in [0.1, 0.15) is 0 Å². The molecule has 11 heavy (non-hydrogen) atoms. The maximum atomic E-state index is 8.90. The van der Waals surface area contributed by atoms with Gasteiger partial charge in [0, 0.05) is 6.54 Å². The van der Waals surface area contributed by atoms with Crippen LogP contribution >= 0.6 is 12.4 Å². The molecular formula is C8H15ClN2. The predicted molar refractivity (Wildman–Crippen MR) is 47.6 cm³/mol. The number of hydrogen-bond acceptors (Lipinski definition) is 2. The SMILES string of the molecule is CC(C)C1(C#N)CCNC1.Cl. The fourth-order valence-electron chi connectivity index (χ4n) is 1.43. The summed E-state index contributed by atoms with van der Waals surface area (Å²) in [6, 6.07) is 2.41. The van der Waals surface area contributed by atoms with E-state index in [9.17, 15) is 0 Å². The molecule has 1 rings (SSSR count). The van der Waals surface area contributed by atoms with Gasteiger partial charge in [0.2, 0.25) is 0 Å². The standard InChI is InChI=1S/C8H14N2.ClH/c1-7(2)8(5-9)3-4-10-6-8;/h7,10H,3-4,6H2,1-2H3;1H. The average Bonchev–Trinajstić information content (AvgIpc) is 2.35. The Kier molecular flexibility index (Phi) is 3.85. The highest BCUT2D eigenvalue weighted by Gasteiger charge is 2.36. The van der Waals surface area contributed by atoms with E-state index in [1.807, 2.05) is 0 Å². The highest BCUT2D eigenvalue weighted by atomic mass is 35.5. The summed E-state index contributed by atoms with van der Waals surface area (Å²) < 4.78 is 0. The van der Waals surface area contributed by atoms with Crippen LogP contribution in [0.15, 0.2) is 0 Å². The van der Waals surface area contributed by atoms with E-state index in [1.54, 1.807) is 0 Å². The monoisotopic (exact) mass is 174 g/mol. The van der Waals surface area contributed by atoms with Crippen LogP contribution in [0.1, 0.15) is 20.3 Å². The molecule has 0 saturated carbocycles. The molecule has 1 fully saturated rings. The third-order valence-electron chi connectivity index (χ3n) is 2.52. The molecule has 1 aliphatic rings. The number of nitrogens with one attached hydrogen (secondary N) is 1. The average molecular weight is 175 g/mol. The third-order valence-corrected chi connectivity index (χ3v) is 2.52. The first-order chi connectivity index (χ1) is 4.71. The second-order valence-electron chi connectivity index (χ2n) is 3.35. The molecule has 1 N–H and O–H groups in total. The second kappa shape index (κ2) is 3.94. The summed E-state index contributed by atoms with van der Waals surface area (Å²) >= 11 is 0. The van der Waals surface area contributed by atoms with Crippen LogP contribution in [0.25, 0.3) is 0 Å². The number of nitriles is 1. The molecule has 0 amide bonds. The molecule has 64 valence electrons. The van der Waals surface area contributed by atoms with Crippen LogP contribution in [0.3, 0.4) is 0 Å². The van der Waals surface area contributed by atoms with E-state index in [2.05, 4.69) is 25.2 Å². The number of hydrogen-bond donors (Lipinski definition) is 1. The van der Waals surface area contributed by atoms with E-state index in [1.165, 1.54) is 0 Å². The third kappa shape index (κ3) is 1.85. The number of halogens is 1. The van der Waals surface area contributed by atoms with Crippen molar-refractivity contribution in [2.75, 3.05) is 13.1 Å². The molecule has 2 nitrogen and oxygen atoms in total. The van der Waals surface area contributed by atoms with E-state index in [4.69, 9.17) is 5.26 Å². The highest BCUT2D eigenvalue weighted by molar-refractivity contribution is 5.85. The fraction of sp³-hybridized carbons (Fsp3) is 0.875. The molecule has 0 aromatic heterocycles. The Morgan fingerprint density at radius 3 is 2.36 bits per heavy atom. The van der Waals surface area contributed by atoms with Crippen molar-refractivity contribution in [3.63, 3.8) is 0 Å². The molecule has 3 heteroatoms. The minimum Gasteiger partial charge on any atom is -0.315 e. The maximum absolute atomic E-state index is 8.90. The summed E-state index contributed by atoms with van der Waals surface area (Å²) in [5.74, 6) is 0.479. The quantitative estimate of drug-likeness (QED) is 0.655. The smallest absolute Gasteiger partial charge is 0.0733 e. The van der Waals surface area contributed by atoms with Crippen LogP contribution in [0.5, 0.6) is 0 Å². The largest absolute Gasteiger partial charge is 0.315 e. The van der Waals surface area contributed by atoms with Crippen LogP contribution in [-0.2, 0) is 0 Å². The molecule has 1 atom stereocenters. The Morgan fingerprint density at radius 2 is 2.18 bits per heavy atom. The summed E-state index contributed by atoms with van der Waals surface area (Å²) in [4.78, 5) is 0. The minimum absolute atomic E-state index is 0. The van der Waals surface area contributed by atoms with Crippen molar-refractivity contribution in [1.82, 2.24) is 5.32 Å². The lowest BCUT2D eigenvalue weighted by atomic mass is 9.78. The van der Waals surface area contributed by atoms with Gasteiger partial charge < -0.3 is 5.32 Å². The van der Waals surface area contributed by atoms with Crippen molar-refractivity contribution >= 4 is 12.4 Å². The van der Waals surface area contributed by atoms with Crippen LogP contribution in [0, 0.1) is 22.7 Å². The van der Waals surface area contributed by atoms with Crippen molar-refractivity contribution < 1.29 is 0 Å². The Hall–Kier alpha value is -0.260.